The van der Waals surface area contributed by atoms with Crippen LogP contribution in [0.4, 0.5) is 5.69 Å². The van der Waals surface area contributed by atoms with E-state index in [1.54, 1.807) is 11.8 Å². The van der Waals surface area contributed by atoms with Crippen molar-refractivity contribution in [2.24, 2.45) is 0 Å². The summed E-state index contributed by atoms with van der Waals surface area (Å²) in [6.45, 7) is 4.22. The summed E-state index contributed by atoms with van der Waals surface area (Å²) in [7, 11) is 0. The third-order valence-corrected chi connectivity index (χ3v) is 7.05. The van der Waals surface area contributed by atoms with E-state index in [1.165, 1.54) is 12.0 Å². The molecule has 0 aromatic heterocycles. The van der Waals surface area contributed by atoms with Crippen LogP contribution in [-0.2, 0) is 6.61 Å². The van der Waals surface area contributed by atoms with E-state index in [4.69, 9.17) is 23.2 Å². The van der Waals surface area contributed by atoms with Crippen molar-refractivity contribution < 1.29 is 5.11 Å². The van der Waals surface area contributed by atoms with Crippen LogP contribution in [0.1, 0.15) is 46.9 Å². The number of hydrogen-bond donors (Lipinski definition) is 3. The zero-order chi connectivity index (χ0) is 20.5. The summed E-state index contributed by atoms with van der Waals surface area (Å²) in [4.78, 5) is 0. The number of aliphatic hydroxyl groups is 1. The van der Waals surface area contributed by atoms with Crippen LogP contribution in [-0.4, -0.2) is 5.11 Å². The highest BCUT2D eigenvalue weighted by Gasteiger charge is 2.27. The third-order valence-electron chi connectivity index (χ3n) is 5.45. The summed E-state index contributed by atoms with van der Waals surface area (Å²) in [5, 5.41) is 20.4. The second-order valence-electron chi connectivity index (χ2n) is 7.58. The van der Waals surface area contributed by atoms with E-state index in [0.717, 1.165) is 52.2 Å². The Morgan fingerprint density at radius 2 is 1.90 bits per heavy atom. The van der Waals surface area contributed by atoms with Crippen molar-refractivity contribution in [3.63, 3.8) is 0 Å². The predicted octanol–water partition coefficient (Wildman–Crippen LogP) is 6.83. The largest absolute Gasteiger partial charge is 0.392 e. The molecule has 1 atom stereocenters. The number of anilines is 1. The van der Waals surface area contributed by atoms with Crippen LogP contribution in [0.3, 0.4) is 0 Å². The van der Waals surface area contributed by atoms with Crippen LogP contribution in [0.2, 0.25) is 10.0 Å². The molecule has 0 bridgehead atoms. The minimum absolute atomic E-state index is 0.0348. The fourth-order valence-corrected chi connectivity index (χ4v) is 5.23. The van der Waals surface area contributed by atoms with Crippen molar-refractivity contribution in [1.29, 1.82) is 0 Å². The Kier molecular flexibility index (Phi) is 6.16. The molecule has 152 valence electrons. The second-order valence-corrected chi connectivity index (χ2v) is 9.40. The summed E-state index contributed by atoms with van der Waals surface area (Å²) in [5.41, 5.74) is 8.99. The van der Waals surface area contributed by atoms with Gasteiger partial charge in [0.25, 0.3) is 0 Å². The summed E-state index contributed by atoms with van der Waals surface area (Å²) >= 11 is 14.3. The molecule has 1 aliphatic carbocycles. The molecule has 1 saturated carbocycles. The maximum absolute atomic E-state index is 9.47. The van der Waals surface area contributed by atoms with E-state index in [1.807, 2.05) is 30.3 Å². The molecule has 2 aromatic carbocycles. The number of halogens is 2. The van der Waals surface area contributed by atoms with Gasteiger partial charge in [-0.25, -0.2) is 0 Å². The van der Waals surface area contributed by atoms with E-state index >= 15 is 0 Å². The summed E-state index contributed by atoms with van der Waals surface area (Å²) in [6, 6.07) is 9.66. The molecule has 0 spiro atoms. The number of allylic oxidation sites excluding steroid dienone is 1. The van der Waals surface area contributed by atoms with Crippen molar-refractivity contribution in [2.45, 2.75) is 45.1 Å². The first-order valence-electron chi connectivity index (χ1n) is 9.74. The van der Waals surface area contributed by atoms with Crippen LogP contribution in [0.15, 0.2) is 52.7 Å². The van der Waals surface area contributed by atoms with Gasteiger partial charge in [-0.2, -0.15) is 0 Å². The molecule has 1 fully saturated rings. The minimum Gasteiger partial charge on any atom is -0.392 e. The standard InChI is InChI=1S/C23H24Cl2N2OS/c1-13-8-15(11-28)9-14(2)21(13)27-22(16-4-3-5-16)20-12-29-23(26-20)18-10-17(24)6-7-19(18)25/h6-10,12,23,26-28H,3-5,11H2,1-2H3. The fourth-order valence-electron chi connectivity index (χ4n) is 3.76. The second kappa shape index (κ2) is 8.65. The first kappa shape index (κ1) is 20.7. The number of aryl methyl sites for hydroxylation is 2. The molecule has 2 aliphatic rings. The Morgan fingerprint density at radius 3 is 2.52 bits per heavy atom. The van der Waals surface area contributed by atoms with Crippen LogP contribution < -0.4 is 10.6 Å². The molecule has 1 unspecified atom stereocenters. The number of nitrogens with one attached hydrogen (secondary N) is 2. The number of thioether (sulfide) groups is 1. The number of aliphatic hydroxyl groups excluding tert-OH is 1. The van der Waals surface area contributed by atoms with Gasteiger partial charge in [0.1, 0.15) is 5.37 Å². The van der Waals surface area contributed by atoms with Crippen LogP contribution in [0, 0.1) is 13.8 Å². The van der Waals surface area contributed by atoms with Crippen molar-refractivity contribution in [3.8, 4) is 0 Å². The molecule has 0 radical (unpaired) electrons. The van der Waals surface area contributed by atoms with E-state index in [-0.39, 0.29) is 12.0 Å². The van der Waals surface area contributed by atoms with E-state index < -0.39 is 0 Å². The van der Waals surface area contributed by atoms with Crippen molar-refractivity contribution >= 4 is 40.7 Å². The normalized spacial score (nSPS) is 18.2. The minimum atomic E-state index is 0.0348. The van der Waals surface area contributed by atoms with Gasteiger partial charge in [-0.3, -0.25) is 0 Å². The average molecular weight is 447 g/mol. The topological polar surface area (TPSA) is 44.3 Å². The molecule has 0 saturated heterocycles. The smallest absolute Gasteiger partial charge is 0.104 e. The molecule has 29 heavy (non-hydrogen) atoms. The molecule has 3 nitrogen and oxygen atoms in total. The summed E-state index contributed by atoms with van der Waals surface area (Å²) < 4.78 is 0. The van der Waals surface area contributed by atoms with Gasteiger partial charge in [0, 0.05) is 21.3 Å². The Morgan fingerprint density at radius 1 is 1.17 bits per heavy atom. The van der Waals surface area contributed by atoms with E-state index in [0.29, 0.717) is 10.0 Å². The Bertz CT molecular complexity index is 987. The molecule has 1 heterocycles. The van der Waals surface area contributed by atoms with E-state index in [2.05, 4.69) is 29.9 Å². The van der Waals surface area contributed by atoms with Gasteiger partial charge in [-0.1, -0.05) is 35.3 Å². The molecule has 1 aliphatic heterocycles. The lowest BCUT2D eigenvalue weighted by atomic mass is 9.89. The molecular weight excluding hydrogens is 423 g/mol. The average Bonchev–Trinajstić information content (AvgIpc) is 3.13. The van der Waals surface area contributed by atoms with E-state index in [9.17, 15) is 5.11 Å². The highest BCUT2D eigenvalue weighted by atomic mass is 35.5. The van der Waals surface area contributed by atoms with Crippen molar-refractivity contribution in [1.82, 2.24) is 5.32 Å². The maximum atomic E-state index is 9.47. The zero-order valence-corrected chi connectivity index (χ0v) is 18.8. The number of rotatable bonds is 5. The molecular formula is C23H24Cl2N2OS. The molecule has 0 amide bonds. The van der Waals surface area contributed by atoms with Gasteiger partial charge >= 0.3 is 0 Å². The Balaban J connectivity index is 1.61. The van der Waals surface area contributed by atoms with Gasteiger partial charge < -0.3 is 15.7 Å². The van der Waals surface area contributed by atoms with Crippen molar-refractivity contribution in [3.05, 3.63) is 85.0 Å². The lowest BCUT2D eigenvalue weighted by molar-refractivity contribution is 0.281. The molecule has 4 rings (SSSR count). The lowest BCUT2D eigenvalue weighted by Gasteiger charge is -2.26. The third kappa shape index (κ3) is 4.31. The quantitative estimate of drug-likeness (QED) is 0.470. The van der Waals surface area contributed by atoms with Gasteiger partial charge in [0.15, 0.2) is 0 Å². The van der Waals surface area contributed by atoms with Crippen LogP contribution >= 0.6 is 35.0 Å². The van der Waals surface area contributed by atoms with Gasteiger partial charge in [-0.05, 0) is 79.0 Å². The predicted molar refractivity (Wildman–Crippen MR) is 124 cm³/mol. The molecule has 3 N–H and O–H groups in total. The Hall–Kier alpha value is -1.59. The molecule has 2 aromatic rings. The summed E-state index contributed by atoms with van der Waals surface area (Å²) in [5.74, 6) is 0. The number of benzene rings is 2. The number of hydrogen-bond acceptors (Lipinski definition) is 4. The van der Waals surface area contributed by atoms with Gasteiger partial charge in [0.05, 0.1) is 18.0 Å². The Labute approximate surface area is 186 Å². The fraction of sp³-hybridized carbons (Fsp3) is 0.304. The highest BCUT2D eigenvalue weighted by Crippen LogP contribution is 2.42. The summed E-state index contributed by atoms with van der Waals surface area (Å²) in [6.07, 6.45) is 3.45. The monoisotopic (exact) mass is 446 g/mol. The van der Waals surface area contributed by atoms with Crippen LogP contribution in [0.5, 0.6) is 0 Å². The highest BCUT2D eigenvalue weighted by molar-refractivity contribution is 8.02. The maximum Gasteiger partial charge on any atom is 0.104 e. The first-order valence-corrected chi connectivity index (χ1v) is 11.4. The first-order chi connectivity index (χ1) is 14.0. The lowest BCUT2D eigenvalue weighted by Crippen LogP contribution is -2.21. The molecule has 6 heteroatoms. The zero-order valence-electron chi connectivity index (χ0n) is 16.5. The van der Waals surface area contributed by atoms with Crippen LogP contribution in [0.25, 0.3) is 0 Å². The van der Waals surface area contributed by atoms with Gasteiger partial charge in [0.2, 0.25) is 0 Å². The SMILES string of the molecule is Cc1cc(CO)cc(C)c1NC(C1=CSC(c2cc(Cl)ccc2Cl)N1)=C1CCC1. The van der Waals surface area contributed by atoms with Crippen molar-refractivity contribution in [2.75, 3.05) is 5.32 Å². The van der Waals surface area contributed by atoms with Gasteiger partial charge in [-0.15, -0.1) is 11.8 Å².